The number of carboxylic acid groups (broad SMARTS) is 1. The van der Waals surface area contributed by atoms with E-state index in [1.165, 1.54) is 0 Å². The Balaban J connectivity index is 1.95. The molecule has 1 aliphatic carbocycles. The van der Waals surface area contributed by atoms with Crippen LogP contribution in [0.1, 0.15) is 40.5 Å². The Kier molecular flexibility index (Phi) is 5.39. The van der Waals surface area contributed by atoms with E-state index in [1.807, 2.05) is 42.5 Å². The van der Waals surface area contributed by atoms with Gasteiger partial charge in [-0.15, -0.1) is 0 Å². The second-order valence-electron chi connectivity index (χ2n) is 7.56. The minimum atomic E-state index is -0.924. The maximum Gasteiger partial charge on any atom is 0.336 e. The zero-order valence-electron chi connectivity index (χ0n) is 17.0. The number of benzene rings is 2. The molecule has 0 fully saturated rings. The van der Waals surface area contributed by atoms with E-state index in [-0.39, 0.29) is 0 Å². The third-order valence-corrected chi connectivity index (χ3v) is 5.71. The van der Waals surface area contributed by atoms with Crippen molar-refractivity contribution >= 4 is 40.1 Å². The van der Waals surface area contributed by atoms with Crippen LogP contribution in [0.2, 0.25) is 5.02 Å². The Morgan fingerprint density at radius 3 is 2.67 bits per heavy atom. The van der Waals surface area contributed by atoms with Crippen LogP contribution in [0.3, 0.4) is 0 Å². The van der Waals surface area contributed by atoms with Gasteiger partial charge in [-0.1, -0.05) is 36.7 Å². The number of rotatable bonds is 4. The number of para-hydroxylation sites is 1. The van der Waals surface area contributed by atoms with Crippen molar-refractivity contribution in [1.29, 1.82) is 0 Å². The zero-order chi connectivity index (χ0) is 21.4. The van der Waals surface area contributed by atoms with Crippen LogP contribution in [0.25, 0.3) is 22.6 Å². The lowest BCUT2D eigenvalue weighted by molar-refractivity contribution is 0.0697. The summed E-state index contributed by atoms with van der Waals surface area (Å²) in [5, 5.41) is 11.1. The molecule has 0 radical (unpaired) electrons. The van der Waals surface area contributed by atoms with E-state index in [2.05, 4.69) is 6.92 Å². The SMILES string of the molecule is COc1cc(/C=C2\C[C@H](C)Cc3c2nc2ccccc2c3C(=O)O)cc(Cl)c1OC. The first-order valence-electron chi connectivity index (χ1n) is 9.70. The molecule has 4 rings (SSSR count). The highest BCUT2D eigenvalue weighted by Crippen LogP contribution is 2.41. The molecule has 0 saturated carbocycles. The number of aromatic nitrogens is 1. The molecule has 1 atom stereocenters. The van der Waals surface area contributed by atoms with Gasteiger partial charge in [0.05, 0.1) is 36.0 Å². The van der Waals surface area contributed by atoms with Crippen molar-refractivity contribution in [2.75, 3.05) is 14.2 Å². The summed E-state index contributed by atoms with van der Waals surface area (Å²) in [6.45, 7) is 2.12. The average molecular weight is 424 g/mol. The van der Waals surface area contributed by atoms with Crippen LogP contribution in [-0.2, 0) is 6.42 Å². The summed E-state index contributed by atoms with van der Waals surface area (Å²) >= 11 is 6.38. The predicted molar refractivity (Wildman–Crippen MR) is 119 cm³/mol. The molecule has 1 aromatic heterocycles. The third kappa shape index (κ3) is 3.50. The predicted octanol–water partition coefficient (Wildman–Crippen LogP) is 5.73. The molecule has 0 saturated heterocycles. The Morgan fingerprint density at radius 1 is 1.20 bits per heavy atom. The van der Waals surface area contributed by atoms with Gasteiger partial charge in [-0.3, -0.25) is 0 Å². The molecule has 0 unspecified atom stereocenters. The number of aromatic carboxylic acids is 1. The van der Waals surface area contributed by atoms with Gasteiger partial charge in [0, 0.05) is 5.39 Å². The number of methoxy groups -OCH3 is 2. The van der Waals surface area contributed by atoms with E-state index in [0.29, 0.717) is 45.3 Å². The molecule has 3 aromatic rings. The average Bonchev–Trinajstić information content (AvgIpc) is 2.71. The van der Waals surface area contributed by atoms with Gasteiger partial charge in [-0.05, 0) is 59.7 Å². The molecule has 0 amide bonds. The Labute approximate surface area is 179 Å². The van der Waals surface area contributed by atoms with Crippen molar-refractivity contribution in [3.8, 4) is 11.5 Å². The second kappa shape index (κ2) is 8.00. The molecule has 2 aromatic carbocycles. The van der Waals surface area contributed by atoms with E-state index in [0.717, 1.165) is 28.8 Å². The Hall–Kier alpha value is -3.05. The first-order valence-corrected chi connectivity index (χ1v) is 10.1. The first kappa shape index (κ1) is 20.2. The molecule has 1 N–H and O–H groups in total. The maximum absolute atomic E-state index is 12.2. The van der Waals surface area contributed by atoms with Crippen LogP contribution >= 0.6 is 11.6 Å². The number of pyridine rings is 1. The molecule has 1 heterocycles. The molecule has 0 aliphatic heterocycles. The smallest absolute Gasteiger partial charge is 0.336 e. The molecule has 5 nitrogen and oxygen atoms in total. The number of ether oxygens (including phenoxy) is 2. The molecule has 0 bridgehead atoms. The molecular formula is C24H22ClNO4. The van der Waals surface area contributed by atoms with Crippen molar-refractivity contribution in [3.05, 3.63) is 63.8 Å². The largest absolute Gasteiger partial charge is 0.493 e. The standard InChI is InChI=1S/C24H22ClNO4/c1-13-8-15(10-14-11-18(25)23(30-3)20(12-14)29-2)22-17(9-13)21(24(27)28)16-6-4-5-7-19(16)26-22/h4-7,10-13H,8-9H2,1-3H3,(H,27,28)/b15-10+/t13-/m0/s1. The van der Waals surface area contributed by atoms with Gasteiger partial charge in [0.1, 0.15) is 0 Å². The van der Waals surface area contributed by atoms with E-state index in [4.69, 9.17) is 26.1 Å². The summed E-state index contributed by atoms with van der Waals surface area (Å²) in [4.78, 5) is 17.0. The number of nitrogens with zero attached hydrogens (tertiary/aromatic N) is 1. The summed E-state index contributed by atoms with van der Waals surface area (Å²) < 4.78 is 10.7. The molecule has 6 heteroatoms. The number of carboxylic acids is 1. The number of fused-ring (bicyclic) bond motifs is 2. The normalized spacial score (nSPS) is 17.1. The highest BCUT2D eigenvalue weighted by Gasteiger charge is 2.28. The van der Waals surface area contributed by atoms with Crippen LogP contribution in [0.15, 0.2) is 36.4 Å². The second-order valence-corrected chi connectivity index (χ2v) is 7.96. The maximum atomic E-state index is 12.2. The Bertz CT molecular complexity index is 1190. The van der Waals surface area contributed by atoms with Crippen LogP contribution in [-0.4, -0.2) is 30.3 Å². The number of halogens is 1. The van der Waals surface area contributed by atoms with E-state index in [9.17, 15) is 9.90 Å². The van der Waals surface area contributed by atoms with Gasteiger partial charge in [0.2, 0.25) is 0 Å². The minimum Gasteiger partial charge on any atom is -0.493 e. The molecule has 30 heavy (non-hydrogen) atoms. The van der Waals surface area contributed by atoms with Gasteiger partial charge >= 0.3 is 5.97 Å². The summed E-state index contributed by atoms with van der Waals surface area (Å²) in [5.41, 5.74) is 4.39. The van der Waals surface area contributed by atoms with E-state index >= 15 is 0 Å². The van der Waals surface area contributed by atoms with Crippen molar-refractivity contribution < 1.29 is 19.4 Å². The fraction of sp³-hybridized carbons (Fsp3) is 0.250. The minimum absolute atomic E-state index is 0.292. The fourth-order valence-electron chi connectivity index (χ4n) is 4.20. The molecule has 154 valence electrons. The summed E-state index contributed by atoms with van der Waals surface area (Å²) in [7, 11) is 3.11. The van der Waals surface area contributed by atoms with Gasteiger partial charge in [0.25, 0.3) is 0 Å². The van der Waals surface area contributed by atoms with Crippen LogP contribution in [0.5, 0.6) is 11.5 Å². The third-order valence-electron chi connectivity index (χ3n) is 5.43. The fourth-order valence-corrected chi connectivity index (χ4v) is 4.50. The summed E-state index contributed by atoms with van der Waals surface area (Å²) in [5.74, 6) is 0.391. The van der Waals surface area contributed by atoms with Crippen molar-refractivity contribution in [1.82, 2.24) is 4.98 Å². The summed E-state index contributed by atoms with van der Waals surface area (Å²) in [6, 6.07) is 11.1. The number of carbonyl (C=O) groups is 1. The lowest BCUT2D eigenvalue weighted by Crippen LogP contribution is -2.17. The number of allylic oxidation sites excluding steroid dienone is 1. The van der Waals surface area contributed by atoms with E-state index < -0.39 is 5.97 Å². The Morgan fingerprint density at radius 2 is 1.97 bits per heavy atom. The van der Waals surface area contributed by atoms with Gasteiger partial charge < -0.3 is 14.6 Å². The topological polar surface area (TPSA) is 68.7 Å². The quantitative estimate of drug-likeness (QED) is 0.580. The van der Waals surface area contributed by atoms with Crippen molar-refractivity contribution in [2.45, 2.75) is 19.8 Å². The first-order chi connectivity index (χ1) is 14.4. The van der Waals surface area contributed by atoms with Gasteiger partial charge in [0.15, 0.2) is 11.5 Å². The number of hydrogen-bond acceptors (Lipinski definition) is 4. The van der Waals surface area contributed by atoms with Gasteiger partial charge in [-0.25, -0.2) is 9.78 Å². The summed E-state index contributed by atoms with van der Waals surface area (Å²) in [6.07, 6.45) is 3.48. The van der Waals surface area contributed by atoms with Gasteiger partial charge in [-0.2, -0.15) is 0 Å². The van der Waals surface area contributed by atoms with Crippen molar-refractivity contribution in [2.24, 2.45) is 5.92 Å². The monoisotopic (exact) mass is 423 g/mol. The molecule has 1 aliphatic rings. The zero-order valence-corrected chi connectivity index (χ0v) is 17.8. The highest BCUT2D eigenvalue weighted by atomic mass is 35.5. The molecule has 0 spiro atoms. The van der Waals surface area contributed by atoms with Crippen LogP contribution in [0, 0.1) is 5.92 Å². The van der Waals surface area contributed by atoms with Crippen LogP contribution < -0.4 is 9.47 Å². The lowest BCUT2D eigenvalue weighted by atomic mass is 9.80. The van der Waals surface area contributed by atoms with Crippen LogP contribution in [0.4, 0.5) is 0 Å². The highest BCUT2D eigenvalue weighted by molar-refractivity contribution is 6.32. The lowest BCUT2D eigenvalue weighted by Gasteiger charge is -2.26. The molecular weight excluding hydrogens is 402 g/mol. The van der Waals surface area contributed by atoms with E-state index in [1.54, 1.807) is 14.2 Å². The number of hydrogen-bond donors (Lipinski definition) is 1. The van der Waals surface area contributed by atoms with Crippen molar-refractivity contribution in [3.63, 3.8) is 0 Å².